The summed E-state index contributed by atoms with van der Waals surface area (Å²) in [6, 6.07) is 3.44. The maximum atomic E-state index is 11.7. The van der Waals surface area contributed by atoms with E-state index in [1.807, 2.05) is 0 Å². The quantitative estimate of drug-likeness (QED) is 0.793. The summed E-state index contributed by atoms with van der Waals surface area (Å²) in [5.41, 5.74) is 0.530. The molecule has 1 aromatic rings. The van der Waals surface area contributed by atoms with E-state index in [4.69, 9.17) is 16.3 Å². The Bertz CT molecular complexity index is 394. The monoisotopic (exact) mass is 255 g/mol. The highest BCUT2D eigenvalue weighted by Crippen LogP contribution is 2.17. The minimum absolute atomic E-state index is 0.0702. The van der Waals surface area contributed by atoms with E-state index < -0.39 is 0 Å². The first-order valence-corrected chi connectivity index (χ1v) is 5.86. The van der Waals surface area contributed by atoms with Crippen molar-refractivity contribution in [3.05, 3.63) is 23.5 Å². The smallest absolute Gasteiger partial charge is 0.227 e. The Kier molecular flexibility index (Phi) is 4.30. The molecule has 2 heterocycles. The van der Waals surface area contributed by atoms with Gasteiger partial charge in [-0.1, -0.05) is 11.6 Å². The lowest BCUT2D eigenvalue weighted by Crippen LogP contribution is -2.40. The van der Waals surface area contributed by atoms with Crippen molar-refractivity contribution in [2.24, 2.45) is 0 Å². The van der Waals surface area contributed by atoms with Crippen LogP contribution in [0.1, 0.15) is 6.42 Å². The normalized spacial score (nSPS) is 19.9. The third kappa shape index (κ3) is 3.66. The van der Waals surface area contributed by atoms with Crippen molar-refractivity contribution in [2.45, 2.75) is 12.5 Å². The van der Waals surface area contributed by atoms with Crippen LogP contribution in [0.15, 0.2) is 18.3 Å². The number of ether oxygens (including phenoxy) is 1. The van der Waals surface area contributed by atoms with E-state index in [2.05, 4.69) is 15.6 Å². The van der Waals surface area contributed by atoms with E-state index in [1.54, 1.807) is 18.3 Å². The van der Waals surface area contributed by atoms with Crippen LogP contribution < -0.4 is 10.6 Å². The van der Waals surface area contributed by atoms with Gasteiger partial charge in [0.25, 0.3) is 0 Å². The number of pyridine rings is 1. The first-order chi connectivity index (χ1) is 8.25. The highest BCUT2D eigenvalue weighted by atomic mass is 35.5. The van der Waals surface area contributed by atoms with Gasteiger partial charge >= 0.3 is 0 Å². The van der Waals surface area contributed by atoms with E-state index in [0.717, 1.165) is 6.54 Å². The fourth-order valence-corrected chi connectivity index (χ4v) is 1.80. The molecule has 0 saturated carbocycles. The molecule has 92 valence electrons. The highest BCUT2D eigenvalue weighted by molar-refractivity contribution is 6.32. The highest BCUT2D eigenvalue weighted by Gasteiger charge is 2.17. The van der Waals surface area contributed by atoms with Crippen molar-refractivity contribution in [2.75, 3.05) is 25.0 Å². The number of amides is 1. The number of rotatable bonds is 3. The van der Waals surface area contributed by atoms with Gasteiger partial charge in [-0.25, -0.2) is 4.98 Å². The number of nitrogens with one attached hydrogen (secondary N) is 2. The third-order valence-electron chi connectivity index (χ3n) is 2.45. The molecule has 1 unspecified atom stereocenters. The molecule has 0 radical (unpaired) electrons. The van der Waals surface area contributed by atoms with Crippen molar-refractivity contribution >= 4 is 23.2 Å². The summed E-state index contributed by atoms with van der Waals surface area (Å²) in [7, 11) is 0. The molecular formula is C11H14ClN3O2. The molecule has 2 rings (SSSR count). The SMILES string of the molecule is O=C(CC1CNCCO1)Nc1cccnc1Cl. The van der Waals surface area contributed by atoms with Crippen LogP contribution in [-0.2, 0) is 9.53 Å². The van der Waals surface area contributed by atoms with Gasteiger partial charge in [-0.05, 0) is 12.1 Å². The molecule has 1 aliphatic rings. The van der Waals surface area contributed by atoms with Gasteiger partial charge in [-0.15, -0.1) is 0 Å². The number of halogens is 1. The predicted molar refractivity (Wildman–Crippen MR) is 65.1 cm³/mol. The Hall–Kier alpha value is -1.17. The molecule has 2 N–H and O–H groups in total. The van der Waals surface area contributed by atoms with E-state index in [1.165, 1.54) is 0 Å². The van der Waals surface area contributed by atoms with Gasteiger partial charge in [0, 0.05) is 19.3 Å². The number of hydrogen-bond acceptors (Lipinski definition) is 4. The Labute approximate surface area is 105 Å². The summed E-state index contributed by atoms with van der Waals surface area (Å²) in [6.45, 7) is 2.19. The molecule has 6 heteroatoms. The van der Waals surface area contributed by atoms with Gasteiger partial charge in [0.15, 0.2) is 5.15 Å². The minimum atomic E-state index is -0.117. The maximum Gasteiger partial charge on any atom is 0.227 e. The van der Waals surface area contributed by atoms with Crippen LogP contribution in [0.3, 0.4) is 0 Å². The molecule has 0 spiro atoms. The molecule has 0 bridgehead atoms. The van der Waals surface area contributed by atoms with Crippen molar-refractivity contribution in [1.82, 2.24) is 10.3 Å². The van der Waals surface area contributed by atoms with E-state index in [0.29, 0.717) is 30.4 Å². The van der Waals surface area contributed by atoms with Gasteiger partial charge < -0.3 is 15.4 Å². The minimum Gasteiger partial charge on any atom is -0.375 e. The molecule has 0 aromatic carbocycles. The van der Waals surface area contributed by atoms with Gasteiger partial charge in [-0.3, -0.25) is 4.79 Å². The van der Waals surface area contributed by atoms with Crippen LogP contribution in [0.2, 0.25) is 5.15 Å². The first-order valence-electron chi connectivity index (χ1n) is 5.48. The number of carbonyl (C=O) groups is 1. The standard InChI is InChI=1S/C11H14ClN3O2/c12-11-9(2-1-3-14-11)15-10(16)6-8-7-13-4-5-17-8/h1-3,8,13H,4-7H2,(H,15,16). The number of aromatic nitrogens is 1. The third-order valence-corrected chi connectivity index (χ3v) is 2.75. The Morgan fingerprint density at radius 3 is 3.29 bits per heavy atom. The molecule has 17 heavy (non-hydrogen) atoms. The van der Waals surface area contributed by atoms with E-state index in [9.17, 15) is 4.79 Å². The lowest BCUT2D eigenvalue weighted by Gasteiger charge is -2.23. The number of nitrogens with zero attached hydrogens (tertiary/aromatic N) is 1. The number of hydrogen-bond donors (Lipinski definition) is 2. The molecule has 1 aliphatic heterocycles. The molecule has 1 saturated heterocycles. The van der Waals surface area contributed by atoms with Crippen LogP contribution in [0.4, 0.5) is 5.69 Å². The topological polar surface area (TPSA) is 63.2 Å². The van der Waals surface area contributed by atoms with Crippen molar-refractivity contribution in [3.8, 4) is 0 Å². The molecule has 1 aromatic heterocycles. The van der Waals surface area contributed by atoms with Gasteiger partial charge in [0.05, 0.1) is 24.8 Å². The van der Waals surface area contributed by atoms with Gasteiger partial charge in [-0.2, -0.15) is 0 Å². The van der Waals surface area contributed by atoms with Crippen molar-refractivity contribution in [1.29, 1.82) is 0 Å². The van der Waals surface area contributed by atoms with Crippen molar-refractivity contribution < 1.29 is 9.53 Å². The fourth-order valence-electron chi connectivity index (χ4n) is 1.64. The average molecular weight is 256 g/mol. The van der Waals surface area contributed by atoms with E-state index >= 15 is 0 Å². The number of anilines is 1. The Morgan fingerprint density at radius 2 is 2.59 bits per heavy atom. The zero-order chi connectivity index (χ0) is 12.1. The molecule has 1 amide bonds. The average Bonchev–Trinajstić information content (AvgIpc) is 2.33. The van der Waals surface area contributed by atoms with Crippen molar-refractivity contribution in [3.63, 3.8) is 0 Å². The van der Waals surface area contributed by atoms with Crippen LogP contribution >= 0.6 is 11.6 Å². The predicted octanol–water partition coefficient (Wildman–Crippen LogP) is 1.05. The maximum absolute atomic E-state index is 11.7. The molecule has 1 fully saturated rings. The zero-order valence-electron chi connectivity index (χ0n) is 9.28. The molecule has 1 atom stereocenters. The first kappa shape index (κ1) is 12.3. The Morgan fingerprint density at radius 1 is 1.71 bits per heavy atom. The number of morpholine rings is 1. The van der Waals surface area contributed by atoms with E-state index in [-0.39, 0.29) is 12.0 Å². The summed E-state index contributed by atoms with van der Waals surface area (Å²) in [6.07, 6.45) is 1.82. The lowest BCUT2D eigenvalue weighted by molar-refractivity contribution is -0.119. The largest absolute Gasteiger partial charge is 0.375 e. The lowest BCUT2D eigenvalue weighted by atomic mass is 10.2. The zero-order valence-corrected chi connectivity index (χ0v) is 10.0. The number of carbonyl (C=O) groups excluding carboxylic acids is 1. The molecule has 0 aliphatic carbocycles. The molecular weight excluding hydrogens is 242 g/mol. The van der Waals surface area contributed by atoms with Crippen LogP contribution in [-0.4, -0.2) is 36.7 Å². The summed E-state index contributed by atoms with van der Waals surface area (Å²) < 4.78 is 5.44. The van der Waals surface area contributed by atoms with Gasteiger partial charge in [0.2, 0.25) is 5.91 Å². The summed E-state index contributed by atoms with van der Waals surface area (Å²) in [4.78, 5) is 15.6. The fraction of sp³-hybridized carbons (Fsp3) is 0.455. The van der Waals surface area contributed by atoms with Gasteiger partial charge in [0.1, 0.15) is 0 Å². The summed E-state index contributed by atoms with van der Waals surface area (Å²) in [5, 5.41) is 6.18. The summed E-state index contributed by atoms with van der Waals surface area (Å²) in [5.74, 6) is -0.117. The van der Waals surface area contributed by atoms with Crippen LogP contribution in [0.5, 0.6) is 0 Å². The van der Waals surface area contributed by atoms with Crippen LogP contribution in [0.25, 0.3) is 0 Å². The molecule has 5 nitrogen and oxygen atoms in total. The summed E-state index contributed by atoms with van der Waals surface area (Å²) >= 11 is 5.84. The second-order valence-corrected chi connectivity index (χ2v) is 4.15. The Balaban J connectivity index is 1.86. The second-order valence-electron chi connectivity index (χ2n) is 3.79. The second kappa shape index (κ2) is 5.95. The van der Waals surface area contributed by atoms with Crippen LogP contribution in [0, 0.1) is 0 Å².